The summed E-state index contributed by atoms with van der Waals surface area (Å²) in [5.74, 6) is -2.93. The van der Waals surface area contributed by atoms with Gasteiger partial charge in [-0.1, -0.05) is 46.2 Å². The Hall–Kier alpha value is -3.14. The highest BCUT2D eigenvalue weighted by Crippen LogP contribution is 2.13. The first kappa shape index (κ1) is 28.9. The van der Waals surface area contributed by atoms with Crippen LogP contribution in [0.4, 0.5) is 0 Å². The molecular weight excluding hydrogens is 440 g/mol. The Labute approximate surface area is 200 Å². The van der Waals surface area contributed by atoms with Gasteiger partial charge in [-0.25, -0.2) is 0 Å². The summed E-state index contributed by atoms with van der Waals surface area (Å²) < 4.78 is 0. The van der Waals surface area contributed by atoms with Crippen LogP contribution in [0.2, 0.25) is 0 Å². The minimum Gasteiger partial charge on any atom is -0.508 e. The monoisotopic (exact) mass is 478 g/mol. The molecule has 0 bridgehead atoms. The fourth-order valence-electron chi connectivity index (χ4n) is 3.28. The van der Waals surface area contributed by atoms with Crippen molar-refractivity contribution in [2.45, 2.75) is 78.0 Å². The van der Waals surface area contributed by atoms with Crippen LogP contribution in [0.25, 0.3) is 0 Å². The van der Waals surface area contributed by atoms with Gasteiger partial charge in [0, 0.05) is 0 Å². The van der Waals surface area contributed by atoms with Gasteiger partial charge in [0.25, 0.3) is 0 Å². The van der Waals surface area contributed by atoms with Crippen LogP contribution in [0.5, 0.6) is 5.75 Å². The number of nitrogens with two attached hydrogens (primary N) is 1. The minimum absolute atomic E-state index is 0.0477. The first-order valence-electron chi connectivity index (χ1n) is 11.5. The zero-order valence-electron chi connectivity index (χ0n) is 20.5. The van der Waals surface area contributed by atoms with E-state index in [1.807, 2.05) is 20.8 Å². The van der Waals surface area contributed by atoms with E-state index in [9.17, 15) is 24.3 Å². The first-order valence-corrected chi connectivity index (χ1v) is 11.5. The Morgan fingerprint density at radius 2 is 1.50 bits per heavy atom. The zero-order chi connectivity index (χ0) is 26.0. The number of hydrogen-bond donors (Lipinski definition) is 6. The summed E-state index contributed by atoms with van der Waals surface area (Å²) in [6.45, 7) is 8.78. The second kappa shape index (κ2) is 13.5. The fourth-order valence-corrected chi connectivity index (χ4v) is 3.28. The van der Waals surface area contributed by atoms with Gasteiger partial charge in [0.15, 0.2) is 0 Å². The number of carboxylic acid groups (broad SMARTS) is 1. The van der Waals surface area contributed by atoms with Crippen molar-refractivity contribution >= 4 is 23.7 Å². The Kier molecular flexibility index (Phi) is 11.5. The van der Waals surface area contributed by atoms with Crippen LogP contribution in [0.3, 0.4) is 0 Å². The van der Waals surface area contributed by atoms with E-state index < -0.39 is 47.9 Å². The number of amides is 3. The van der Waals surface area contributed by atoms with Crippen molar-refractivity contribution in [1.29, 1.82) is 0 Å². The number of phenols is 1. The molecule has 10 nitrogen and oxygen atoms in total. The largest absolute Gasteiger partial charge is 0.508 e. The summed E-state index contributed by atoms with van der Waals surface area (Å²) in [5.41, 5.74) is 6.81. The molecule has 0 saturated heterocycles. The molecular formula is C24H38N4O6. The van der Waals surface area contributed by atoms with Crippen LogP contribution in [-0.4, -0.2) is 58.1 Å². The van der Waals surface area contributed by atoms with Crippen molar-refractivity contribution in [2.75, 3.05) is 0 Å². The van der Waals surface area contributed by atoms with Crippen LogP contribution >= 0.6 is 0 Å². The smallest absolute Gasteiger partial charge is 0.325 e. The molecule has 10 heteroatoms. The molecule has 34 heavy (non-hydrogen) atoms. The highest BCUT2D eigenvalue weighted by molar-refractivity contribution is 5.94. The number of benzene rings is 1. The molecule has 3 amide bonds. The molecule has 1 rings (SSSR count). The van der Waals surface area contributed by atoms with Gasteiger partial charge >= 0.3 is 5.97 Å². The highest BCUT2D eigenvalue weighted by Gasteiger charge is 2.32. The van der Waals surface area contributed by atoms with Crippen molar-refractivity contribution in [3.63, 3.8) is 0 Å². The van der Waals surface area contributed by atoms with E-state index in [1.165, 1.54) is 19.1 Å². The number of carbonyl (C=O) groups is 4. The van der Waals surface area contributed by atoms with Crippen molar-refractivity contribution in [3.05, 3.63) is 29.8 Å². The van der Waals surface area contributed by atoms with E-state index in [-0.39, 0.29) is 24.0 Å². The van der Waals surface area contributed by atoms with Crippen LogP contribution < -0.4 is 21.7 Å². The number of aliphatic carboxylic acids is 1. The fraction of sp³-hybridized carbons (Fsp3) is 0.583. The second-order valence-electron chi connectivity index (χ2n) is 9.11. The normalized spacial score (nSPS) is 15.5. The maximum absolute atomic E-state index is 13.1. The molecule has 5 unspecified atom stereocenters. The summed E-state index contributed by atoms with van der Waals surface area (Å²) in [6.07, 6.45) is 1.10. The number of carbonyl (C=O) groups excluding carboxylic acids is 3. The summed E-state index contributed by atoms with van der Waals surface area (Å²) >= 11 is 0. The Morgan fingerprint density at radius 3 is 2.00 bits per heavy atom. The third-order valence-electron chi connectivity index (χ3n) is 5.59. The number of hydrogen-bond acceptors (Lipinski definition) is 6. The van der Waals surface area contributed by atoms with Crippen LogP contribution in [-0.2, 0) is 25.6 Å². The molecule has 190 valence electrons. The number of carboxylic acids is 1. The molecule has 0 aliphatic heterocycles. The molecule has 0 spiro atoms. The summed E-state index contributed by atoms with van der Waals surface area (Å²) in [6, 6.07) is 2.41. The minimum atomic E-state index is -1.18. The molecule has 0 heterocycles. The molecule has 0 radical (unpaired) electrons. The molecule has 0 aliphatic rings. The third-order valence-corrected chi connectivity index (χ3v) is 5.59. The first-order chi connectivity index (χ1) is 15.8. The van der Waals surface area contributed by atoms with Gasteiger partial charge < -0.3 is 31.9 Å². The van der Waals surface area contributed by atoms with Crippen LogP contribution in [0.1, 0.15) is 53.0 Å². The van der Waals surface area contributed by atoms with E-state index in [0.717, 1.165) is 5.56 Å². The summed E-state index contributed by atoms with van der Waals surface area (Å²) in [4.78, 5) is 49.6. The van der Waals surface area contributed by atoms with Crippen molar-refractivity contribution in [3.8, 4) is 5.75 Å². The van der Waals surface area contributed by atoms with E-state index in [0.29, 0.717) is 12.8 Å². The SMILES string of the molecule is CCC(C)C(NC(=O)C(N)Cc1ccc(O)cc1)C(=O)NC(CC(C)C)C(=O)NC(C)C(=O)O. The predicted molar refractivity (Wildman–Crippen MR) is 128 cm³/mol. The Balaban J connectivity index is 2.93. The maximum atomic E-state index is 13.1. The van der Waals surface area contributed by atoms with Crippen LogP contribution in [0.15, 0.2) is 24.3 Å². The van der Waals surface area contributed by atoms with E-state index in [1.54, 1.807) is 19.1 Å². The molecule has 1 aromatic rings. The Bertz CT molecular complexity index is 842. The lowest BCUT2D eigenvalue weighted by atomic mass is 9.96. The average Bonchev–Trinajstić information content (AvgIpc) is 2.77. The topological polar surface area (TPSA) is 171 Å². The molecule has 5 atom stereocenters. The van der Waals surface area contributed by atoms with Crippen molar-refractivity contribution in [2.24, 2.45) is 17.6 Å². The van der Waals surface area contributed by atoms with Crippen molar-refractivity contribution in [1.82, 2.24) is 16.0 Å². The maximum Gasteiger partial charge on any atom is 0.325 e. The standard InChI is InChI=1S/C24H38N4O6/c1-6-14(4)20(28-21(30)18(25)12-16-7-9-17(29)10-8-16)23(32)27-19(11-13(2)3)22(31)26-15(5)24(33)34/h7-10,13-15,18-20,29H,6,11-12,25H2,1-5H3,(H,26,31)(H,27,32)(H,28,30)(H,33,34). The molecule has 7 N–H and O–H groups in total. The highest BCUT2D eigenvalue weighted by atomic mass is 16.4. The van der Waals surface area contributed by atoms with Gasteiger partial charge in [0.1, 0.15) is 23.9 Å². The average molecular weight is 479 g/mol. The van der Waals surface area contributed by atoms with Crippen LogP contribution in [0, 0.1) is 11.8 Å². The van der Waals surface area contributed by atoms with Gasteiger partial charge in [0.05, 0.1) is 6.04 Å². The number of aromatic hydroxyl groups is 1. The quantitative estimate of drug-likeness (QED) is 0.245. The lowest BCUT2D eigenvalue weighted by molar-refractivity contribution is -0.142. The van der Waals surface area contributed by atoms with E-state index >= 15 is 0 Å². The lowest BCUT2D eigenvalue weighted by Crippen LogP contribution is -2.58. The molecule has 1 aromatic carbocycles. The summed E-state index contributed by atoms with van der Waals surface area (Å²) in [7, 11) is 0. The number of phenolic OH excluding ortho intramolecular Hbond substituents is 1. The molecule has 0 aliphatic carbocycles. The zero-order valence-corrected chi connectivity index (χ0v) is 20.5. The van der Waals surface area contributed by atoms with Gasteiger partial charge in [0.2, 0.25) is 17.7 Å². The number of rotatable bonds is 13. The second-order valence-corrected chi connectivity index (χ2v) is 9.11. The predicted octanol–water partition coefficient (Wildman–Crippen LogP) is 0.913. The third kappa shape index (κ3) is 9.38. The van der Waals surface area contributed by atoms with Gasteiger partial charge in [-0.15, -0.1) is 0 Å². The summed E-state index contributed by atoms with van der Waals surface area (Å²) in [5, 5.41) is 26.2. The van der Waals surface area contributed by atoms with Gasteiger partial charge in [-0.3, -0.25) is 19.2 Å². The Morgan fingerprint density at radius 1 is 0.912 bits per heavy atom. The lowest BCUT2D eigenvalue weighted by Gasteiger charge is -2.28. The van der Waals surface area contributed by atoms with E-state index in [2.05, 4.69) is 16.0 Å². The van der Waals surface area contributed by atoms with E-state index in [4.69, 9.17) is 10.8 Å². The van der Waals surface area contributed by atoms with Gasteiger partial charge in [-0.2, -0.15) is 0 Å². The molecule has 0 fully saturated rings. The molecule has 0 saturated carbocycles. The van der Waals surface area contributed by atoms with Gasteiger partial charge in [-0.05, 0) is 49.3 Å². The molecule has 0 aromatic heterocycles. The number of nitrogens with one attached hydrogen (secondary N) is 3. The van der Waals surface area contributed by atoms with Crippen molar-refractivity contribution < 1.29 is 29.4 Å².